The highest BCUT2D eigenvalue weighted by Crippen LogP contribution is 2.38. The second kappa shape index (κ2) is 13.3. The van der Waals surface area contributed by atoms with Gasteiger partial charge in [0.05, 0.1) is 11.6 Å². The van der Waals surface area contributed by atoms with Gasteiger partial charge in [-0.15, -0.1) is 11.8 Å². The van der Waals surface area contributed by atoms with Crippen LogP contribution in [-0.2, 0) is 14.4 Å². The summed E-state index contributed by atoms with van der Waals surface area (Å²) in [4.78, 5) is 49.4. The van der Waals surface area contributed by atoms with Gasteiger partial charge in [-0.1, -0.05) is 24.3 Å². The van der Waals surface area contributed by atoms with Crippen LogP contribution < -0.4 is 15.1 Å². The van der Waals surface area contributed by atoms with Crippen LogP contribution in [0.2, 0.25) is 0 Å². The van der Waals surface area contributed by atoms with Gasteiger partial charge in [-0.25, -0.2) is 18.2 Å². The van der Waals surface area contributed by atoms with Gasteiger partial charge in [0.25, 0.3) is 5.91 Å². The zero-order chi connectivity index (χ0) is 32.3. The van der Waals surface area contributed by atoms with Crippen molar-refractivity contribution in [2.45, 2.75) is 74.4 Å². The first-order valence-electron chi connectivity index (χ1n) is 14.6. The fourth-order valence-corrected chi connectivity index (χ4v) is 6.42. The summed E-state index contributed by atoms with van der Waals surface area (Å²) >= 11 is 1.25. The quantitative estimate of drug-likeness (QED) is 0.301. The third kappa shape index (κ3) is 6.99. The number of hydrogen-bond donors (Lipinski definition) is 1. The molecule has 2 heterocycles. The predicted octanol–water partition coefficient (Wildman–Crippen LogP) is 6.09. The summed E-state index contributed by atoms with van der Waals surface area (Å²) in [6.07, 6.45) is 2.62. The highest BCUT2D eigenvalue weighted by atomic mass is 32.2. The van der Waals surface area contributed by atoms with E-state index in [0.717, 1.165) is 6.07 Å². The highest BCUT2D eigenvalue weighted by Gasteiger charge is 2.45. The Morgan fingerprint density at radius 2 is 1.87 bits per heavy atom. The molecule has 234 valence electrons. The number of pyridine rings is 1. The number of carbonyl (C=O) groups excluding carboxylic acids is 3. The van der Waals surface area contributed by atoms with Crippen molar-refractivity contribution in [3.63, 3.8) is 0 Å². The minimum atomic E-state index is -2.80. The molecule has 2 aromatic carbocycles. The maximum Gasteiger partial charge on any atom is 0.251 e. The van der Waals surface area contributed by atoms with Crippen LogP contribution in [0.25, 0.3) is 0 Å². The van der Waals surface area contributed by atoms with E-state index < -0.39 is 41.7 Å². The summed E-state index contributed by atoms with van der Waals surface area (Å²) in [5, 5.41) is 12.3. The summed E-state index contributed by atoms with van der Waals surface area (Å²) in [6.45, 7) is 1.78. The number of nitrogens with zero attached hydrogens (tertiary/aromatic N) is 4. The minimum Gasteiger partial charge on any atom is -0.351 e. The summed E-state index contributed by atoms with van der Waals surface area (Å²) in [7, 11) is 0. The summed E-state index contributed by atoms with van der Waals surface area (Å²) < 4.78 is 42.9. The molecule has 1 saturated heterocycles. The Morgan fingerprint density at radius 1 is 1.13 bits per heavy atom. The van der Waals surface area contributed by atoms with Gasteiger partial charge >= 0.3 is 0 Å². The number of nitriles is 1. The molecule has 8 nitrogen and oxygen atoms in total. The molecular weight excluding hydrogens is 603 g/mol. The van der Waals surface area contributed by atoms with E-state index in [-0.39, 0.29) is 61.5 Å². The molecule has 2 unspecified atom stereocenters. The van der Waals surface area contributed by atoms with Crippen LogP contribution in [0.5, 0.6) is 0 Å². The van der Waals surface area contributed by atoms with Gasteiger partial charge in [-0.2, -0.15) is 5.26 Å². The Kier molecular flexibility index (Phi) is 9.48. The zero-order valence-electron chi connectivity index (χ0n) is 24.8. The average Bonchev–Trinajstić information content (AvgIpc) is 3.41. The summed E-state index contributed by atoms with van der Waals surface area (Å²) in [5.74, 6) is -4.97. The van der Waals surface area contributed by atoms with Crippen LogP contribution in [0, 0.1) is 24.1 Å². The van der Waals surface area contributed by atoms with Gasteiger partial charge in [-0.05, 0) is 73.9 Å². The molecular formula is C33H32F3N5O3S. The zero-order valence-corrected chi connectivity index (χ0v) is 25.6. The van der Waals surface area contributed by atoms with Gasteiger partial charge in [0.1, 0.15) is 23.7 Å². The fourth-order valence-electron chi connectivity index (χ4n) is 5.95. The van der Waals surface area contributed by atoms with E-state index in [9.17, 15) is 28.4 Å². The molecule has 3 amide bonds. The van der Waals surface area contributed by atoms with Crippen molar-refractivity contribution < 1.29 is 27.6 Å². The van der Waals surface area contributed by atoms with Crippen molar-refractivity contribution in [3.05, 3.63) is 83.3 Å². The van der Waals surface area contributed by atoms with E-state index in [2.05, 4.69) is 10.3 Å². The Balaban J connectivity index is 1.63. The van der Waals surface area contributed by atoms with Crippen LogP contribution in [-0.4, -0.2) is 47.0 Å². The second-order valence-electron chi connectivity index (χ2n) is 11.3. The molecule has 1 aliphatic carbocycles. The molecule has 2 atom stereocenters. The van der Waals surface area contributed by atoms with E-state index in [1.807, 2.05) is 6.07 Å². The number of nitrogens with one attached hydrogen (secondary N) is 1. The highest BCUT2D eigenvalue weighted by molar-refractivity contribution is 7.98. The Bertz CT molecular complexity index is 1650. The van der Waals surface area contributed by atoms with E-state index in [1.165, 1.54) is 46.0 Å². The molecule has 0 bridgehead atoms. The fraction of sp³-hybridized carbons (Fsp3) is 0.364. The molecule has 0 radical (unpaired) electrons. The molecule has 12 heteroatoms. The standard InChI is InChI=1S/C33H32F3N5O3S/c1-20-5-3-4-6-26(20)30(31(43)39-23-9-12-33(35,36)13-10-23)40(24-16-22(34)17-25(18-24)45-2)32(44)27-7-8-29(42)41(27)28-15-21(19-37)11-14-38-28/h3-6,11,14-18,23,27,30H,7-10,12-13H2,1-2H3,(H,39,43). The van der Waals surface area contributed by atoms with Crippen molar-refractivity contribution in [1.29, 1.82) is 5.26 Å². The number of aryl methyl sites for hydroxylation is 1. The lowest BCUT2D eigenvalue weighted by Gasteiger charge is -2.37. The van der Waals surface area contributed by atoms with Gasteiger partial charge < -0.3 is 5.32 Å². The Labute approximate surface area is 263 Å². The minimum absolute atomic E-state index is 0.0133. The number of thioether (sulfide) groups is 1. The molecule has 0 spiro atoms. The number of anilines is 2. The number of rotatable bonds is 8. The van der Waals surface area contributed by atoms with Crippen molar-refractivity contribution in [3.8, 4) is 6.07 Å². The van der Waals surface area contributed by atoms with Gasteiger partial charge in [0.2, 0.25) is 17.7 Å². The van der Waals surface area contributed by atoms with E-state index in [4.69, 9.17) is 0 Å². The molecule has 2 aliphatic rings. The molecule has 45 heavy (non-hydrogen) atoms. The van der Waals surface area contributed by atoms with Crippen molar-refractivity contribution in [2.75, 3.05) is 16.1 Å². The molecule has 3 aromatic rings. The lowest BCUT2D eigenvalue weighted by Crippen LogP contribution is -2.53. The third-order valence-electron chi connectivity index (χ3n) is 8.28. The van der Waals surface area contributed by atoms with Crippen molar-refractivity contribution in [1.82, 2.24) is 10.3 Å². The SMILES string of the molecule is CSc1cc(F)cc(N(C(=O)C2CCC(=O)N2c2cc(C#N)ccn2)C(C(=O)NC2CCC(F)(F)CC2)c2ccccc2C)c1. The first-order chi connectivity index (χ1) is 21.5. The van der Waals surface area contributed by atoms with E-state index >= 15 is 4.39 Å². The van der Waals surface area contributed by atoms with Crippen molar-refractivity contribution in [2.24, 2.45) is 0 Å². The number of halogens is 3. The lowest BCUT2D eigenvalue weighted by atomic mass is 9.91. The first kappa shape index (κ1) is 32.0. The van der Waals surface area contributed by atoms with Crippen LogP contribution in [0.15, 0.2) is 65.7 Å². The molecule has 2 fully saturated rings. The number of alkyl halides is 2. The van der Waals surface area contributed by atoms with Gasteiger partial charge in [-0.3, -0.25) is 24.2 Å². The summed E-state index contributed by atoms with van der Waals surface area (Å²) in [5.41, 5.74) is 1.48. The smallest absolute Gasteiger partial charge is 0.251 e. The Morgan fingerprint density at radius 3 is 2.56 bits per heavy atom. The molecule has 1 aromatic heterocycles. The number of aromatic nitrogens is 1. The van der Waals surface area contributed by atoms with Gasteiger partial charge in [0, 0.05) is 42.1 Å². The first-order valence-corrected chi connectivity index (χ1v) is 15.8. The number of carbonyl (C=O) groups is 3. The predicted molar refractivity (Wildman–Crippen MR) is 164 cm³/mol. The number of hydrogen-bond acceptors (Lipinski definition) is 6. The largest absolute Gasteiger partial charge is 0.351 e. The average molecular weight is 636 g/mol. The van der Waals surface area contributed by atoms with E-state index in [0.29, 0.717) is 16.0 Å². The molecule has 1 aliphatic heterocycles. The summed E-state index contributed by atoms with van der Waals surface area (Å²) in [6, 6.07) is 12.9. The molecule has 1 N–H and O–H groups in total. The number of benzene rings is 2. The molecule has 5 rings (SSSR count). The monoisotopic (exact) mass is 635 g/mol. The third-order valence-corrected chi connectivity index (χ3v) is 8.99. The normalized spacial score (nSPS) is 18.7. The second-order valence-corrected chi connectivity index (χ2v) is 12.2. The topological polar surface area (TPSA) is 106 Å². The Hall–Kier alpha value is -4.37. The van der Waals surface area contributed by atoms with Crippen LogP contribution in [0.3, 0.4) is 0 Å². The van der Waals surface area contributed by atoms with Crippen LogP contribution in [0.1, 0.15) is 61.3 Å². The van der Waals surface area contributed by atoms with E-state index in [1.54, 1.807) is 43.5 Å². The lowest BCUT2D eigenvalue weighted by molar-refractivity contribution is -0.128. The number of amides is 3. The van der Waals surface area contributed by atoms with Crippen LogP contribution >= 0.6 is 11.8 Å². The van der Waals surface area contributed by atoms with Crippen molar-refractivity contribution >= 4 is 41.0 Å². The molecule has 1 saturated carbocycles. The van der Waals surface area contributed by atoms with Crippen LogP contribution in [0.4, 0.5) is 24.7 Å². The maximum absolute atomic E-state index is 15.1. The van der Waals surface area contributed by atoms with Gasteiger partial charge in [0.15, 0.2) is 0 Å². The maximum atomic E-state index is 15.1.